The Kier molecular flexibility index (Phi) is 5.77. The van der Waals surface area contributed by atoms with E-state index in [1.807, 2.05) is 12.1 Å². The Bertz CT molecular complexity index is 1000. The molecule has 2 aliphatic rings. The molecular weight excluding hydrogens is 396 g/mol. The van der Waals surface area contributed by atoms with Crippen LogP contribution in [-0.2, 0) is 6.42 Å². The van der Waals surface area contributed by atoms with Crippen molar-refractivity contribution in [2.24, 2.45) is 0 Å². The Labute approximate surface area is 174 Å². The number of aromatic carboxylic acids is 1. The lowest BCUT2D eigenvalue weighted by Crippen LogP contribution is -2.31. The molecule has 1 aromatic heterocycles. The number of aromatic amines is 1. The fourth-order valence-corrected chi connectivity index (χ4v) is 4.11. The van der Waals surface area contributed by atoms with Gasteiger partial charge in [-0.05, 0) is 45.1 Å². The summed E-state index contributed by atoms with van der Waals surface area (Å²) >= 11 is 0. The van der Waals surface area contributed by atoms with Gasteiger partial charge >= 0.3 is 5.97 Å². The molecule has 8 nitrogen and oxygen atoms in total. The van der Waals surface area contributed by atoms with Crippen molar-refractivity contribution >= 4 is 29.8 Å². The summed E-state index contributed by atoms with van der Waals surface area (Å²) in [6.07, 6.45) is 1.52. The lowest BCUT2D eigenvalue weighted by Gasteiger charge is -2.23. The summed E-state index contributed by atoms with van der Waals surface area (Å²) in [5.74, 6) is -1.88. The summed E-state index contributed by atoms with van der Waals surface area (Å²) in [7, 11) is 4.19. The highest BCUT2D eigenvalue weighted by Gasteiger charge is 2.27. The minimum absolute atomic E-state index is 0. The topological polar surface area (TPSA) is 109 Å². The molecule has 3 heterocycles. The van der Waals surface area contributed by atoms with Gasteiger partial charge in [-0.3, -0.25) is 4.79 Å². The number of anilines is 2. The number of carbonyl (C=O) groups is 1. The number of hydrogen-bond donors (Lipinski definition) is 4. The van der Waals surface area contributed by atoms with E-state index in [0.717, 1.165) is 36.4 Å². The Hall–Kier alpha value is -2.71. The Balaban J connectivity index is 0.00000240. The minimum atomic E-state index is -1.43. The van der Waals surface area contributed by atoms with Crippen molar-refractivity contribution in [2.45, 2.75) is 18.9 Å². The van der Waals surface area contributed by atoms with Gasteiger partial charge in [-0.15, -0.1) is 12.4 Å². The molecule has 4 N–H and O–H groups in total. The molecule has 9 heteroatoms. The number of nitrogens with zero attached hydrogens (tertiary/aromatic N) is 2. The SMILES string of the molecule is CN(C)C1CCN(c2ccc3c(c2)NCCc2c-3[nH]c(=O)c(C(=O)O)c2O)C1.Cl. The molecule has 1 unspecified atom stereocenters. The molecule has 2 aliphatic heterocycles. The van der Waals surface area contributed by atoms with Crippen molar-refractivity contribution in [1.29, 1.82) is 0 Å². The monoisotopic (exact) mass is 420 g/mol. The summed E-state index contributed by atoms with van der Waals surface area (Å²) in [6, 6.07) is 6.51. The van der Waals surface area contributed by atoms with E-state index in [1.54, 1.807) is 0 Å². The fraction of sp³-hybridized carbons (Fsp3) is 0.400. The second-order valence-electron chi connectivity index (χ2n) is 7.60. The molecule has 1 fully saturated rings. The number of likely N-dealkylation sites (N-methyl/N-ethyl adjacent to an activating group) is 1. The molecule has 0 aliphatic carbocycles. The van der Waals surface area contributed by atoms with E-state index in [2.05, 4.69) is 40.3 Å². The molecule has 4 rings (SSSR count). The number of H-pyrrole nitrogens is 1. The Morgan fingerprint density at radius 3 is 2.72 bits per heavy atom. The van der Waals surface area contributed by atoms with Crippen molar-refractivity contribution in [3.63, 3.8) is 0 Å². The van der Waals surface area contributed by atoms with E-state index in [4.69, 9.17) is 0 Å². The second kappa shape index (κ2) is 7.96. The van der Waals surface area contributed by atoms with Crippen molar-refractivity contribution in [1.82, 2.24) is 9.88 Å². The molecule has 156 valence electrons. The Morgan fingerprint density at radius 1 is 1.31 bits per heavy atom. The van der Waals surface area contributed by atoms with Crippen LogP contribution in [0.4, 0.5) is 11.4 Å². The van der Waals surface area contributed by atoms with Crippen LogP contribution in [0, 0.1) is 0 Å². The molecule has 1 aromatic carbocycles. The lowest BCUT2D eigenvalue weighted by atomic mass is 10.00. The van der Waals surface area contributed by atoms with E-state index >= 15 is 0 Å². The quantitative estimate of drug-likeness (QED) is 0.601. The fourth-order valence-electron chi connectivity index (χ4n) is 4.11. The van der Waals surface area contributed by atoms with Crippen LogP contribution in [0.2, 0.25) is 0 Å². The van der Waals surface area contributed by atoms with Crippen LogP contribution in [0.5, 0.6) is 5.75 Å². The normalized spacial score (nSPS) is 17.8. The maximum atomic E-state index is 12.2. The number of benzene rings is 1. The van der Waals surface area contributed by atoms with Crippen LogP contribution in [0.15, 0.2) is 23.0 Å². The third kappa shape index (κ3) is 3.65. The molecule has 0 radical (unpaired) electrons. The van der Waals surface area contributed by atoms with Crippen LogP contribution in [0.25, 0.3) is 11.3 Å². The zero-order chi connectivity index (χ0) is 20.0. The van der Waals surface area contributed by atoms with Gasteiger partial charge in [-0.1, -0.05) is 0 Å². The zero-order valence-electron chi connectivity index (χ0n) is 16.4. The number of pyridine rings is 1. The summed E-state index contributed by atoms with van der Waals surface area (Å²) in [4.78, 5) is 30.8. The van der Waals surface area contributed by atoms with E-state index in [-0.39, 0.29) is 12.4 Å². The molecule has 29 heavy (non-hydrogen) atoms. The van der Waals surface area contributed by atoms with Gasteiger partial charge in [0.25, 0.3) is 5.56 Å². The molecule has 0 bridgehead atoms. The van der Waals surface area contributed by atoms with Crippen molar-refractivity contribution in [3.8, 4) is 17.0 Å². The molecule has 1 atom stereocenters. The van der Waals surface area contributed by atoms with E-state index in [1.165, 1.54) is 0 Å². The predicted molar refractivity (Wildman–Crippen MR) is 115 cm³/mol. The number of rotatable bonds is 3. The average molecular weight is 421 g/mol. The van der Waals surface area contributed by atoms with Crippen LogP contribution >= 0.6 is 12.4 Å². The average Bonchev–Trinajstić information content (AvgIpc) is 3.06. The molecular formula is C20H25ClN4O4. The first-order valence-corrected chi connectivity index (χ1v) is 9.38. The third-order valence-corrected chi connectivity index (χ3v) is 5.73. The van der Waals surface area contributed by atoms with Gasteiger partial charge in [0, 0.05) is 48.2 Å². The number of hydrogen-bond acceptors (Lipinski definition) is 6. The molecule has 0 amide bonds. The molecule has 1 saturated heterocycles. The smallest absolute Gasteiger partial charge is 0.345 e. The third-order valence-electron chi connectivity index (χ3n) is 5.73. The first kappa shape index (κ1) is 21.0. The van der Waals surface area contributed by atoms with Crippen LogP contribution in [0.3, 0.4) is 0 Å². The zero-order valence-corrected chi connectivity index (χ0v) is 17.2. The van der Waals surface area contributed by atoms with Crippen molar-refractivity contribution in [2.75, 3.05) is 43.9 Å². The summed E-state index contributed by atoms with van der Waals surface area (Å²) in [5, 5.41) is 23.0. The standard InChI is InChI=1S/C20H24N4O4.ClH/c1-23(2)12-6-8-24(10-12)11-3-4-13-15(9-11)21-7-5-14-17(13)22-19(26)16(18(14)25)20(27)28;/h3-4,9,12,21H,5-8,10H2,1-2H3,(H,27,28)(H2,22,25,26);1H. The van der Waals surface area contributed by atoms with Gasteiger partial charge in [0.15, 0.2) is 5.56 Å². The maximum Gasteiger partial charge on any atom is 0.345 e. The van der Waals surface area contributed by atoms with Gasteiger partial charge in [0.05, 0.1) is 5.69 Å². The molecule has 2 aromatic rings. The van der Waals surface area contributed by atoms with Crippen molar-refractivity contribution in [3.05, 3.63) is 39.7 Å². The van der Waals surface area contributed by atoms with Crippen LogP contribution in [-0.4, -0.2) is 65.8 Å². The number of carboxylic acid groups (broad SMARTS) is 1. The molecule has 0 spiro atoms. The lowest BCUT2D eigenvalue weighted by molar-refractivity contribution is 0.0691. The van der Waals surface area contributed by atoms with Gasteiger partial charge in [-0.2, -0.15) is 0 Å². The highest BCUT2D eigenvalue weighted by atomic mass is 35.5. The van der Waals surface area contributed by atoms with E-state index in [0.29, 0.717) is 30.3 Å². The van der Waals surface area contributed by atoms with Gasteiger partial charge in [0.1, 0.15) is 5.75 Å². The number of halogens is 1. The van der Waals surface area contributed by atoms with Crippen LogP contribution < -0.4 is 15.8 Å². The summed E-state index contributed by atoms with van der Waals surface area (Å²) < 4.78 is 0. The van der Waals surface area contributed by atoms with Gasteiger partial charge in [-0.25, -0.2) is 4.79 Å². The second-order valence-corrected chi connectivity index (χ2v) is 7.60. The summed E-state index contributed by atoms with van der Waals surface area (Å²) in [5.41, 5.74) is 2.25. The highest BCUT2D eigenvalue weighted by Crippen LogP contribution is 2.38. The van der Waals surface area contributed by atoms with Gasteiger partial charge < -0.3 is 30.3 Å². The number of carboxylic acids is 1. The number of nitrogens with one attached hydrogen (secondary N) is 2. The highest BCUT2D eigenvalue weighted by molar-refractivity contribution is 5.93. The van der Waals surface area contributed by atoms with Crippen LogP contribution in [0.1, 0.15) is 22.3 Å². The Morgan fingerprint density at radius 2 is 2.07 bits per heavy atom. The van der Waals surface area contributed by atoms with Crippen molar-refractivity contribution < 1.29 is 15.0 Å². The first-order chi connectivity index (χ1) is 13.4. The largest absolute Gasteiger partial charge is 0.506 e. The maximum absolute atomic E-state index is 12.2. The predicted octanol–water partition coefficient (Wildman–Crippen LogP) is 1.98. The number of aromatic nitrogens is 1. The van der Waals surface area contributed by atoms with E-state index < -0.39 is 22.8 Å². The van der Waals surface area contributed by atoms with E-state index in [9.17, 15) is 19.8 Å². The summed E-state index contributed by atoms with van der Waals surface area (Å²) in [6.45, 7) is 2.47. The molecule has 0 saturated carbocycles. The number of aromatic hydroxyl groups is 1. The minimum Gasteiger partial charge on any atom is -0.506 e. The number of fused-ring (bicyclic) bond motifs is 3. The van der Waals surface area contributed by atoms with Gasteiger partial charge in [0.2, 0.25) is 0 Å². The first-order valence-electron chi connectivity index (χ1n) is 9.38.